The van der Waals surface area contributed by atoms with Crippen LogP contribution in [0.4, 0.5) is 23.8 Å². The first kappa shape index (κ1) is 21.2. The van der Waals surface area contributed by atoms with Gasteiger partial charge in [-0.3, -0.25) is 9.69 Å². The molecule has 33 heavy (non-hydrogen) atoms. The molecule has 2 fully saturated rings. The van der Waals surface area contributed by atoms with Crippen molar-refractivity contribution in [2.75, 3.05) is 31.1 Å². The molecule has 0 N–H and O–H groups in total. The lowest BCUT2D eigenvalue weighted by Crippen LogP contribution is -2.44. The molecule has 1 unspecified atom stereocenters. The molecular formula is C22H20F3N5O3. The number of fused-ring (bicyclic) bond motifs is 1. The molecule has 8 nitrogen and oxygen atoms in total. The van der Waals surface area contributed by atoms with Crippen molar-refractivity contribution >= 4 is 23.3 Å². The molecule has 0 aromatic carbocycles. The number of hydrogen-bond acceptors (Lipinski definition) is 5. The molecule has 2 aliphatic rings. The number of piperidine rings is 1. The molecule has 0 saturated carbocycles. The van der Waals surface area contributed by atoms with Crippen LogP contribution >= 0.6 is 0 Å². The molecule has 1 atom stereocenters. The predicted octanol–water partition coefficient (Wildman–Crippen LogP) is 3.77. The van der Waals surface area contributed by atoms with Crippen LogP contribution in [0.5, 0.6) is 0 Å². The Morgan fingerprint density at radius 1 is 1.12 bits per heavy atom. The highest BCUT2D eigenvalue weighted by Gasteiger charge is 2.43. The fraction of sp³-hybridized carbons (Fsp3) is 0.364. The summed E-state index contributed by atoms with van der Waals surface area (Å²) < 4.78 is 46.0. The number of cyclic esters (lactones) is 1. The number of amides is 2. The van der Waals surface area contributed by atoms with Gasteiger partial charge in [-0.15, -0.1) is 0 Å². The van der Waals surface area contributed by atoms with Crippen LogP contribution in [0, 0.1) is 5.92 Å². The second-order valence-electron chi connectivity index (χ2n) is 8.07. The van der Waals surface area contributed by atoms with Crippen molar-refractivity contribution in [1.82, 2.24) is 19.5 Å². The molecule has 3 aromatic rings. The summed E-state index contributed by atoms with van der Waals surface area (Å²) in [5.41, 5.74) is 2.11. The number of likely N-dealkylation sites (tertiary alicyclic amines) is 1. The van der Waals surface area contributed by atoms with Gasteiger partial charge in [0.25, 0.3) is 5.91 Å². The van der Waals surface area contributed by atoms with E-state index >= 15 is 0 Å². The van der Waals surface area contributed by atoms with Crippen LogP contribution in [0.25, 0.3) is 16.8 Å². The summed E-state index contributed by atoms with van der Waals surface area (Å²) in [7, 11) is 0. The summed E-state index contributed by atoms with van der Waals surface area (Å²) in [6.07, 6.45) is -1.44. The smallest absolute Gasteiger partial charge is 0.415 e. The van der Waals surface area contributed by atoms with Crippen LogP contribution in [-0.4, -0.2) is 63.9 Å². The van der Waals surface area contributed by atoms with E-state index in [0.717, 1.165) is 0 Å². The highest BCUT2D eigenvalue weighted by Crippen LogP contribution is 2.34. The van der Waals surface area contributed by atoms with Crippen molar-refractivity contribution in [1.29, 1.82) is 0 Å². The van der Waals surface area contributed by atoms with Crippen LogP contribution in [-0.2, 0) is 4.74 Å². The molecule has 11 heteroatoms. The Hall–Kier alpha value is -3.63. The van der Waals surface area contributed by atoms with E-state index in [4.69, 9.17) is 4.74 Å². The van der Waals surface area contributed by atoms with Crippen molar-refractivity contribution in [3.8, 4) is 11.3 Å². The summed E-state index contributed by atoms with van der Waals surface area (Å²) in [5.74, 6) is -1.50. The number of carbonyl (C=O) groups is 2. The zero-order chi connectivity index (χ0) is 23.2. The number of rotatable bonds is 3. The predicted molar refractivity (Wildman–Crippen MR) is 112 cm³/mol. The minimum Gasteiger partial charge on any atom is -0.447 e. The number of halogens is 3. The van der Waals surface area contributed by atoms with Gasteiger partial charge < -0.3 is 9.64 Å². The van der Waals surface area contributed by atoms with Gasteiger partial charge in [0.1, 0.15) is 12.4 Å². The highest BCUT2D eigenvalue weighted by atomic mass is 19.4. The van der Waals surface area contributed by atoms with E-state index in [1.165, 1.54) is 16.0 Å². The summed E-state index contributed by atoms with van der Waals surface area (Å²) >= 11 is 0. The van der Waals surface area contributed by atoms with Gasteiger partial charge in [0.15, 0.2) is 0 Å². The molecule has 5 rings (SSSR count). The number of hydrogen-bond donors (Lipinski definition) is 0. The zero-order valence-corrected chi connectivity index (χ0v) is 17.5. The monoisotopic (exact) mass is 459 g/mol. The normalized spacial score (nSPS) is 19.2. The SMILES string of the molecule is O=C(c1cnn2c(-c3ccc(N4CCOC4=O)nc3)cccc12)N1CCCC(C(F)(F)F)C1. The fourth-order valence-corrected chi connectivity index (χ4v) is 4.29. The first-order chi connectivity index (χ1) is 15.8. The van der Waals surface area contributed by atoms with Crippen molar-refractivity contribution in [3.63, 3.8) is 0 Å². The molecule has 0 radical (unpaired) electrons. The maximum absolute atomic E-state index is 13.2. The van der Waals surface area contributed by atoms with Gasteiger partial charge >= 0.3 is 12.3 Å². The first-order valence-corrected chi connectivity index (χ1v) is 10.6. The number of ether oxygens (including phenoxy) is 1. The van der Waals surface area contributed by atoms with Crippen molar-refractivity contribution in [2.24, 2.45) is 5.92 Å². The van der Waals surface area contributed by atoms with E-state index in [2.05, 4.69) is 10.1 Å². The van der Waals surface area contributed by atoms with Crippen LogP contribution in [0.2, 0.25) is 0 Å². The maximum Gasteiger partial charge on any atom is 0.415 e. The highest BCUT2D eigenvalue weighted by molar-refractivity contribution is 6.01. The van der Waals surface area contributed by atoms with Gasteiger partial charge in [-0.2, -0.15) is 18.3 Å². The lowest BCUT2D eigenvalue weighted by molar-refractivity contribution is -0.184. The van der Waals surface area contributed by atoms with Gasteiger partial charge in [0.05, 0.1) is 35.4 Å². The van der Waals surface area contributed by atoms with Gasteiger partial charge in [-0.25, -0.2) is 14.3 Å². The Bertz CT molecular complexity index is 1210. The Balaban J connectivity index is 1.43. The van der Waals surface area contributed by atoms with Gasteiger partial charge in [0.2, 0.25) is 0 Å². The van der Waals surface area contributed by atoms with Gasteiger partial charge in [-0.05, 0) is 37.1 Å². The number of aromatic nitrogens is 3. The summed E-state index contributed by atoms with van der Waals surface area (Å²) in [4.78, 5) is 31.8. The average molecular weight is 459 g/mol. The van der Waals surface area contributed by atoms with E-state index < -0.39 is 24.1 Å². The third-order valence-electron chi connectivity index (χ3n) is 6.03. The van der Waals surface area contributed by atoms with E-state index in [9.17, 15) is 22.8 Å². The van der Waals surface area contributed by atoms with Crippen LogP contribution in [0.15, 0.2) is 42.7 Å². The Labute approximate surface area is 186 Å². The van der Waals surface area contributed by atoms with Crippen LogP contribution < -0.4 is 4.90 Å². The number of alkyl halides is 3. The van der Waals surface area contributed by atoms with Crippen LogP contribution in [0.1, 0.15) is 23.2 Å². The number of anilines is 1. The van der Waals surface area contributed by atoms with Crippen LogP contribution in [0.3, 0.4) is 0 Å². The summed E-state index contributed by atoms with van der Waals surface area (Å²) in [6.45, 7) is 0.680. The largest absolute Gasteiger partial charge is 0.447 e. The molecule has 2 saturated heterocycles. The molecule has 3 aromatic heterocycles. The molecule has 5 heterocycles. The molecule has 0 bridgehead atoms. The Kier molecular flexibility index (Phi) is 5.18. The lowest BCUT2D eigenvalue weighted by Gasteiger charge is -2.33. The Morgan fingerprint density at radius 2 is 1.97 bits per heavy atom. The molecule has 2 aliphatic heterocycles. The number of pyridine rings is 2. The maximum atomic E-state index is 13.2. The minimum absolute atomic E-state index is 0.0321. The van der Waals surface area contributed by atoms with Crippen molar-refractivity contribution in [3.05, 3.63) is 48.3 Å². The third kappa shape index (κ3) is 3.87. The average Bonchev–Trinajstić information content (AvgIpc) is 3.44. The third-order valence-corrected chi connectivity index (χ3v) is 6.03. The summed E-state index contributed by atoms with van der Waals surface area (Å²) in [5, 5.41) is 4.33. The topological polar surface area (TPSA) is 80.0 Å². The molecule has 0 spiro atoms. The molecule has 2 amide bonds. The lowest BCUT2D eigenvalue weighted by atomic mass is 9.97. The minimum atomic E-state index is -4.32. The van der Waals surface area contributed by atoms with Crippen molar-refractivity contribution in [2.45, 2.75) is 19.0 Å². The number of carbonyl (C=O) groups excluding carboxylic acids is 2. The standard InChI is InChI=1S/C22H20F3N5O3/c23-22(24,25)15-3-2-8-28(13-15)20(31)16-12-27-30-17(4-1-5-18(16)30)14-6-7-19(26-11-14)29-9-10-33-21(29)32/h1,4-7,11-12,15H,2-3,8-10,13H2. The van der Waals surface area contributed by atoms with Crippen molar-refractivity contribution < 1.29 is 27.5 Å². The fourth-order valence-electron chi connectivity index (χ4n) is 4.29. The molecular weight excluding hydrogens is 439 g/mol. The van der Waals surface area contributed by atoms with E-state index in [1.807, 2.05) is 0 Å². The number of nitrogens with zero attached hydrogens (tertiary/aromatic N) is 5. The van der Waals surface area contributed by atoms with E-state index in [1.54, 1.807) is 41.0 Å². The van der Waals surface area contributed by atoms with E-state index in [-0.39, 0.29) is 25.1 Å². The van der Waals surface area contributed by atoms with Gasteiger partial charge in [0, 0.05) is 24.8 Å². The van der Waals surface area contributed by atoms with Gasteiger partial charge in [-0.1, -0.05) is 6.07 Å². The summed E-state index contributed by atoms with van der Waals surface area (Å²) in [6, 6.07) is 8.74. The first-order valence-electron chi connectivity index (χ1n) is 10.6. The quantitative estimate of drug-likeness (QED) is 0.596. The zero-order valence-electron chi connectivity index (χ0n) is 17.5. The second kappa shape index (κ2) is 8.05. The second-order valence-corrected chi connectivity index (χ2v) is 8.07. The molecule has 172 valence electrons. The Morgan fingerprint density at radius 3 is 2.67 bits per heavy atom. The molecule has 0 aliphatic carbocycles. The van der Waals surface area contributed by atoms with E-state index in [0.29, 0.717) is 42.2 Å².